The number of hydrogen-bond donors (Lipinski definition) is 1. The number of fused-ring (bicyclic) bond motifs is 1. The summed E-state index contributed by atoms with van der Waals surface area (Å²) < 4.78 is 10.2. The number of likely N-dealkylation sites (tertiary alicyclic amines) is 1. The Morgan fingerprint density at radius 2 is 1.95 bits per heavy atom. The third-order valence-electron chi connectivity index (χ3n) is 8.80. The van der Waals surface area contributed by atoms with Crippen LogP contribution in [0.15, 0.2) is 49.6 Å². The summed E-state index contributed by atoms with van der Waals surface area (Å²) in [5, 5.41) is 10.4. The molecule has 3 saturated heterocycles. The number of amides is 2. The second kappa shape index (κ2) is 13.0. The van der Waals surface area contributed by atoms with Crippen molar-refractivity contribution in [2.75, 3.05) is 31.8 Å². The second-order valence-corrected chi connectivity index (χ2v) is 13.3. The first-order valence-electron chi connectivity index (χ1n) is 14.6. The summed E-state index contributed by atoms with van der Waals surface area (Å²) in [5.74, 6) is -1.28. The predicted molar refractivity (Wildman–Crippen MR) is 162 cm³/mol. The first kappa shape index (κ1) is 31.2. The molecular formula is C32H44N2O6S. The summed E-state index contributed by atoms with van der Waals surface area (Å²) in [6.07, 6.45) is 6.12. The molecule has 1 N–H and O–H groups in total. The molecule has 9 heteroatoms. The SMILES string of the molecule is C=CCCCOC(=O)[C@@H]1[C@H]2C(=O)N([C@@H](CO)CC(C)C)C(C(=O)N(CC=C)c3ccc(OC)cc3)C23S[C@@H]1CC3C. The van der Waals surface area contributed by atoms with E-state index in [0.29, 0.717) is 24.3 Å². The largest absolute Gasteiger partial charge is 0.497 e. The maximum Gasteiger partial charge on any atom is 0.310 e. The van der Waals surface area contributed by atoms with Crippen molar-refractivity contribution in [1.82, 2.24) is 4.90 Å². The fraction of sp³-hybridized carbons (Fsp3) is 0.594. The van der Waals surface area contributed by atoms with Crippen molar-refractivity contribution >= 4 is 35.2 Å². The molecule has 3 aliphatic heterocycles. The third-order valence-corrected chi connectivity index (χ3v) is 10.9. The molecule has 0 saturated carbocycles. The Labute approximate surface area is 248 Å². The van der Waals surface area contributed by atoms with Gasteiger partial charge in [0.25, 0.3) is 5.91 Å². The van der Waals surface area contributed by atoms with Gasteiger partial charge in [0.05, 0.1) is 42.9 Å². The van der Waals surface area contributed by atoms with Crippen LogP contribution in [0.25, 0.3) is 0 Å². The molecule has 3 unspecified atom stereocenters. The molecular weight excluding hydrogens is 540 g/mol. The van der Waals surface area contributed by atoms with E-state index in [2.05, 4.69) is 20.1 Å². The van der Waals surface area contributed by atoms with Gasteiger partial charge in [0.2, 0.25) is 5.91 Å². The van der Waals surface area contributed by atoms with Crippen LogP contribution in [0, 0.1) is 23.7 Å². The summed E-state index contributed by atoms with van der Waals surface area (Å²) in [7, 11) is 1.59. The number of nitrogens with zero attached hydrogens (tertiary/aromatic N) is 2. The van der Waals surface area contributed by atoms with Gasteiger partial charge >= 0.3 is 5.97 Å². The number of benzene rings is 1. The van der Waals surface area contributed by atoms with Crippen molar-refractivity contribution in [2.24, 2.45) is 23.7 Å². The lowest BCUT2D eigenvalue weighted by molar-refractivity contribution is -0.155. The zero-order valence-electron chi connectivity index (χ0n) is 24.7. The molecule has 1 spiro atoms. The van der Waals surface area contributed by atoms with Crippen LogP contribution in [-0.2, 0) is 19.1 Å². The highest BCUT2D eigenvalue weighted by atomic mass is 32.2. The minimum atomic E-state index is -0.846. The van der Waals surface area contributed by atoms with Gasteiger partial charge in [-0.1, -0.05) is 32.9 Å². The van der Waals surface area contributed by atoms with Gasteiger partial charge in [-0.15, -0.1) is 24.9 Å². The Balaban J connectivity index is 1.78. The monoisotopic (exact) mass is 584 g/mol. The number of esters is 1. The maximum atomic E-state index is 14.8. The summed E-state index contributed by atoms with van der Waals surface area (Å²) in [5.41, 5.74) is 0.663. The highest BCUT2D eigenvalue weighted by Gasteiger charge is 2.77. The van der Waals surface area contributed by atoms with E-state index in [9.17, 15) is 19.5 Å². The van der Waals surface area contributed by atoms with Gasteiger partial charge in [0, 0.05) is 17.5 Å². The van der Waals surface area contributed by atoms with Crippen LogP contribution in [0.5, 0.6) is 5.75 Å². The molecule has 0 aromatic heterocycles. The molecule has 7 atom stereocenters. The van der Waals surface area contributed by atoms with E-state index in [1.54, 1.807) is 53.0 Å². The van der Waals surface area contributed by atoms with E-state index in [1.807, 2.05) is 26.0 Å². The highest BCUT2D eigenvalue weighted by molar-refractivity contribution is 8.02. The minimum absolute atomic E-state index is 0.00931. The van der Waals surface area contributed by atoms with Gasteiger partial charge in [0.15, 0.2) is 0 Å². The normalized spacial score (nSPS) is 28.9. The lowest BCUT2D eigenvalue weighted by atomic mass is 9.66. The van der Waals surface area contributed by atoms with Gasteiger partial charge in [-0.05, 0) is 61.8 Å². The number of aliphatic hydroxyl groups excluding tert-OH is 1. The molecule has 3 aliphatic rings. The number of allylic oxidation sites excluding steroid dienone is 1. The number of rotatable bonds is 14. The van der Waals surface area contributed by atoms with E-state index in [-0.39, 0.29) is 54.6 Å². The number of unbranched alkanes of at least 4 members (excludes halogenated alkanes) is 1. The Kier molecular flexibility index (Phi) is 9.90. The zero-order valence-corrected chi connectivity index (χ0v) is 25.5. The van der Waals surface area contributed by atoms with Crippen molar-refractivity contribution in [1.29, 1.82) is 0 Å². The van der Waals surface area contributed by atoms with Crippen LogP contribution in [-0.4, -0.2) is 76.7 Å². The van der Waals surface area contributed by atoms with Gasteiger partial charge in [-0.25, -0.2) is 0 Å². The molecule has 0 aliphatic carbocycles. The van der Waals surface area contributed by atoms with E-state index in [1.165, 1.54) is 0 Å². The third kappa shape index (κ3) is 5.55. The van der Waals surface area contributed by atoms with Crippen LogP contribution in [0.4, 0.5) is 5.69 Å². The van der Waals surface area contributed by atoms with Crippen LogP contribution >= 0.6 is 11.8 Å². The Bertz CT molecular complexity index is 1140. The molecule has 3 fully saturated rings. The van der Waals surface area contributed by atoms with Crippen LogP contribution < -0.4 is 9.64 Å². The molecule has 4 rings (SSSR count). The number of hydrogen-bond acceptors (Lipinski definition) is 7. The minimum Gasteiger partial charge on any atom is -0.497 e. The van der Waals surface area contributed by atoms with E-state index in [0.717, 1.165) is 12.8 Å². The quantitative estimate of drug-likeness (QED) is 0.196. The smallest absolute Gasteiger partial charge is 0.310 e. The molecule has 224 valence electrons. The molecule has 1 aromatic carbocycles. The first-order valence-corrected chi connectivity index (χ1v) is 15.5. The maximum absolute atomic E-state index is 14.8. The lowest BCUT2D eigenvalue weighted by Gasteiger charge is -2.42. The van der Waals surface area contributed by atoms with Crippen LogP contribution in [0.2, 0.25) is 0 Å². The number of methoxy groups -OCH3 is 1. The Morgan fingerprint density at radius 1 is 1.24 bits per heavy atom. The van der Waals surface area contributed by atoms with Crippen molar-refractivity contribution < 1.29 is 29.0 Å². The lowest BCUT2D eigenvalue weighted by Crippen LogP contribution is -2.59. The van der Waals surface area contributed by atoms with E-state index < -0.39 is 28.7 Å². The summed E-state index contributed by atoms with van der Waals surface area (Å²) in [4.78, 5) is 46.0. The van der Waals surface area contributed by atoms with Crippen molar-refractivity contribution in [3.63, 3.8) is 0 Å². The number of ether oxygens (including phenoxy) is 2. The molecule has 8 nitrogen and oxygen atoms in total. The fourth-order valence-corrected chi connectivity index (χ4v) is 9.47. The zero-order chi connectivity index (χ0) is 29.9. The Morgan fingerprint density at radius 3 is 2.54 bits per heavy atom. The first-order chi connectivity index (χ1) is 19.7. The number of carbonyl (C=O) groups excluding carboxylic acids is 3. The molecule has 3 heterocycles. The topological polar surface area (TPSA) is 96.4 Å². The standard InChI is InChI=1S/C32H44N2O6S/c1-7-9-10-16-40-31(38)26-25-18-21(5)32(41-25)27(26)29(36)34(23(19-35)17-20(3)4)28(32)30(37)33(15-8-2)22-11-13-24(39-6)14-12-22/h7-8,11-14,20-21,23,25-28,35H,1-2,9-10,15-19H2,3-6H3/t21?,23-,25-,26+,27+,28?,32?/m1/s1. The molecule has 2 amide bonds. The van der Waals surface area contributed by atoms with Crippen molar-refractivity contribution in [3.05, 3.63) is 49.6 Å². The molecule has 0 radical (unpaired) electrons. The Hall–Kier alpha value is -2.78. The number of carbonyl (C=O) groups is 3. The average molecular weight is 585 g/mol. The number of aliphatic hydroxyl groups is 1. The molecule has 1 aromatic rings. The number of anilines is 1. The van der Waals surface area contributed by atoms with Gasteiger partial charge in [-0.2, -0.15) is 0 Å². The van der Waals surface area contributed by atoms with E-state index >= 15 is 0 Å². The fourth-order valence-electron chi connectivity index (χ4n) is 7.08. The van der Waals surface area contributed by atoms with Crippen LogP contribution in [0.1, 0.15) is 46.5 Å². The number of thioether (sulfide) groups is 1. The summed E-state index contributed by atoms with van der Waals surface area (Å²) >= 11 is 1.61. The van der Waals surface area contributed by atoms with Crippen LogP contribution in [0.3, 0.4) is 0 Å². The summed E-state index contributed by atoms with van der Waals surface area (Å²) in [6, 6.07) is 5.84. The average Bonchev–Trinajstić information content (AvgIpc) is 3.56. The van der Waals surface area contributed by atoms with Crippen molar-refractivity contribution in [3.8, 4) is 5.75 Å². The summed E-state index contributed by atoms with van der Waals surface area (Å²) in [6.45, 7) is 14.0. The highest BCUT2D eigenvalue weighted by Crippen LogP contribution is 2.69. The molecule has 2 bridgehead atoms. The van der Waals surface area contributed by atoms with E-state index in [4.69, 9.17) is 9.47 Å². The predicted octanol–water partition coefficient (Wildman–Crippen LogP) is 4.47. The van der Waals surface area contributed by atoms with Gasteiger partial charge < -0.3 is 24.4 Å². The molecule has 41 heavy (non-hydrogen) atoms. The second-order valence-electron chi connectivity index (χ2n) is 11.8. The van der Waals surface area contributed by atoms with Crippen molar-refractivity contribution in [2.45, 2.75) is 68.5 Å². The van der Waals surface area contributed by atoms with Gasteiger partial charge in [0.1, 0.15) is 11.8 Å². The van der Waals surface area contributed by atoms with Gasteiger partial charge in [-0.3, -0.25) is 14.4 Å².